The van der Waals surface area contributed by atoms with Gasteiger partial charge in [0, 0.05) is 31.5 Å². The third-order valence-corrected chi connectivity index (χ3v) is 5.41. The summed E-state index contributed by atoms with van der Waals surface area (Å²) in [5, 5.41) is 0. The molecule has 0 amide bonds. The van der Waals surface area contributed by atoms with E-state index in [4.69, 9.17) is 14.2 Å². The van der Waals surface area contributed by atoms with Gasteiger partial charge in [-0.1, -0.05) is 37.6 Å². The second kappa shape index (κ2) is 10.9. The van der Waals surface area contributed by atoms with E-state index < -0.39 is 23.6 Å². The number of nitrogens with zero attached hydrogens (tertiary/aromatic N) is 1. The Hall–Kier alpha value is -3.22. The monoisotopic (exact) mass is 441 g/mol. The van der Waals surface area contributed by atoms with E-state index in [0.29, 0.717) is 0 Å². The van der Waals surface area contributed by atoms with Gasteiger partial charge in [-0.25, -0.2) is 4.98 Å². The number of hydrogen-bond acceptors (Lipinski definition) is 7. The van der Waals surface area contributed by atoms with Crippen LogP contribution < -0.4 is 9.47 Å². The fourth-order valence-corrected chi connectivity index (χ4v) is 3.48. The molecule has 0 bridgehead atoms. The molecule has 0 saturated heterocycles. The third-order valence-electron chi connectivity index (χ3n) is 5.41. The Morgan fingerprint density at radius 3 is 2.34 bits per heavy atom. The molecule has 1 heterocycles. The maximum absolute atomic E-state index is 12.8. The van der Waals surface area contributed by atoms with Crippen LogP contribution in [0, 0.1) is 19.8 Å². The molecule has 0 N–H and O–H groups in total. The molecule has 0 radical (unpaired) electrons. The van der Waals surface area contributed by atoms with Crippen LogP contribution in [0.5, 0.6) is 11.5 Å². The highest BCUT2D eigenvalue weighted by Crippen LogP contribution is 2.31. The Bertz CT molecular complexity index is 1000. The van der Waals surface area contributed by atoms with Gasteiger partial charge in [-0.15, -0.1) is 0 Å². The molecule has 2 aromatic rings. The van der Waals surface area contributed by atoms with Crippen LogP contribution in [0.25, 0.3) is 0 Å². The van der Waals surface area contributed by atoms with Crippen LogP contribution in [-0.2, 0) is 14.3 Å². The minimum Gasteiger partial charge on any atom is -0.493 e. The number of ether oxygens (including phenoxy) is 3. The lowest BCUT2D eigenvalue weighted by atomic mass is 9.91. The summed E-state index contributed by atoms with van der Waals surface area (Å²) in [4.78, 5) is 41.0. The van der Waals surface area contributed by atoms with Crippen molar-refractivity contribution in [2.24, 2.45) is 5.92 Å². The van der Waals surface area contributed by atoms with Gasteiger partial charge < -0.3 is 14.2 Å². The minimum atomic E-state index is -0.700. The molecule has 0 unspecified atom stereocenters. The first-order chi connectivity index (χ1) is 15.0. The number of ketones is 1. The highest BCUT2D eigenvalue weighted by molar-refractivity contribution is 5.99. The van der Waals surface area contributed by atoms with Gasteiger partial charge in [-0.3, -0.25) is 14.4 Å². The van der Waals surface area contributed by atoms with Gasteiger partial charge in [0.1, 0.15) is 6.10 Å². The van der Waals surface area contributed by atoms with Gasteiger partial charge in [-0.2, -0.15) is 0 Å². The molecule has 0 aliphatic heterocycles. The highest BCUT2D eigenvalue weighted by atomic mass is 16.6. The van der Waals surface area contributed by atoms with Crippen LogP contribution in [0.2, 0.25) is 0 Å². The van der Waals surface area contributed by atoms with Crippen molar-refractivity contribution in [3.05, 3.63) is 52.8 Å². The molecule has 2 rings (SSSR count). The number of methoxy groups -OCH3 is 1. The molecule has 1 aromatic heterocycles. The van der Waals surface area contributed by atoms with Crippen LogP contribution in [0.15, 0.2) is 30.5 Å². The summed E-state index contributed by atoms with van der Waals surface area (Å²) < 4.78 is 16.0. The average Bonchev–Trinajstić information content (AvgIpc) is 2.72. The van der Waals surface area contributed by atoms with Crippen molar-refractivity contribution < 1.29 is 28.6 Å². The number of carbonyl (C=O) groups excluding carboxylic acids is 3. The quantitative estimate of drug-likeness (QED) is 0.415. The number of esters is 2. The van der Waals surface area contributed by atoms with Crippen molar-refractivity contribution in [3.63, 3.8) is 0 Å². The van der Waals surface area contributed by atoms with Gasteiger partial charge in [-0.05, 0) is 31.9 Å². The van der Waals surface area contributed by atoms with Crippen LogP contribution in [-0.4, -0.2) is 35.9 Å². The van der Waals surface area contributed by atoms with E-state index in [1.165, 1.54) is 31.9 Å². The van der Waals surface area contributed by atoms with E-state index >= 15 is 0 Å². The van der Waals surface area contributed by atoms with Gasteiger partial charge >= 0.3 is 11.9 Å². The maximum atomic E-state index is 12.8. The smallest absolute Gasteiger partial charge is 0.309 e. The molecule has 0 aliphatic rings. The summed E-state index contributed by atoms with van der Waals surface area (Å²) >= 11 is 0. The molecule has 3 atom stereocenters. The van der Waals surface area contributed by atoms with E-state index in [1.807, 2.05) is 33.8 Å². The summed E-state index contributed by atoms with van der Waals surface area (Å²) in [7, 11) is 1.40. The van der Waals surface area contributed by atoms with E-state index in [1.54, 1.807) is 6.92 Å². The molecule has 0 aliphatic carbocycles. The molecule has 1 aromatic carbocycles. The number of Topliss-reactive ketones (excluding diaryl/α,β-unsaturated/α-hetero) is 1. The fourth-order valence-electron chi connectivity index (χ4n) is 3.48. The van der Waals surface area contributed by atoms with Gasteiger partial charge in [0.25, 0.3) is 0 Å². The third kappa shape index (κ3) is 6.15. The molecule has 7 heteroatoms. The van der Waals surface area contributed by atoms with Crippen molar-refractivity contribution in [2.75, 3.05) is 7.11 Å². The first-order valence-corrected chi connectivity index (χ1v) is 10.6. The molecule has 32 heavy (non-hydrogen) atoms. The predicted octanol–water partition coefficient (Wildman–Crippen LogP) is 4.58. The number of benzene rings is 1. The second-order valence-electron chi connectivity index (χ2n) is 8.10. The van der Waals surface area contributed by atoms with Crippen molar-refractivity contribution in [1.82, 2.24) is 4.98 Å². The van der Waals surface area contributed by atoms with Crippen molar-refractivity contribution in [3.8, 4) is 11.5 Å². The molecule has 0 fully saturated rings. The fraction of sp³-hybridized carbons (Fsp3) is 0.440. The molecule has 7 nitrogen and oxygen atoms in total. The Morgan fingerprint density at radius 1 is 1.06 bits per heavy atom. The van der Waals surface area contributed by atoms with E-state index in [-0.39, 0.29) is 35.6 Å². The van der Waals surface area contributed by atoms with E-state index in [0.717, 1.165) is 11.1 Å². The standard InChI is InChI=1S/C25H31NO6/c1-14-8-9-20(15(2)12-14)17(4)18(5)31-25(29)16(3)13-21(28)23-24(32-19(6)27)22(30-7)10-11-26-23/h8-12,16-18H,13H2,1-7H3/t16-,17-,18+/m1/s1. The van der Waals surface area contributed by atoms with Gasteiger partial charge in [0.2, 0.25) is 5.75 Å². The largest absolute Gasteiger partial charge is 0.493 e. The lowest BCUT2D eigenvalue weighted by Crippen LogP contribution is -2.26. The van der Waals surface area contributed by atoms with Crippen LogP contribution >= 0.6 is 0 Å². The van der Waals surface area contributed by atoms with Crippen molar-refractivity contribution >= 4 is 17.7 Å². The average molecular weight is 442 g/mol. The number of pyridine rings is 1. The Balaban J connectivity index is 2.09. The summed E-state index contributed by atoms with van der Waals surface area (Å²) in [6.07, 6.45) is 0.876. The zero-order valence-corrected chi connectivity index (χ0v) is 19.7. The van der Waals surface area contributed by atoms with Gasteiger partial charge in [0.05, 0.1) is 13.0 Å². The Morgan fingerprint density at radius 2 is 1.75 bits per heavy atom. The zero-order chi connectivity index (χ0) is 24.0. The molecular weight excluding hydrogens is 410 g/mol. The number of carbonyl (C=O) groups is 3. The second-order valence-corrected chi connectivity index (χ2v) is 8.10. The first-order valence-electron chi connectivity index (χ1n) is 10.6. The number of aromatic nitrogens is 1. The summed E-state index contributed by atoms with van der Waals surface area (Å²) in [6.45, 7) is 10.8. The Labute approximate surface area is 189 Å². The Kier molecular flexibility index (Phi) is 8.52. The van der Waals surface area contributed by atoms with Crippen molar-refractivity contribution in [2.45, 2.75) is 60.0 Å². The minimum absolute atomic E-state index is 0.00179. The predicted molar refractivity (Wildman–Crippen MR) is 120 cm³/mol. The maximum Gasteiger partial charge on any atom is 0.309 e. The van der Waals surface area contributed by atoms with E-state index in [9.17, 15) is 14.4 Å². The van der Waals surface area contributed by atoms with E-state index in [2.05, 4.69) is 17.1 Å². The summed E-state index contributed by atoms with van der Waals surface area (Å²) in [5.74, 6) is -2.06. The topological polar surface area (TPSA) is 91.8 Å². The lowest BCUT2D eigenvalue weighted by Gasteiger charge is -2.24. The SMILES string of the molecule is COc1ccnc(C(=O)C[C@@H](C)C(=O)O[C@@H](C)[C@@H](C)c2ccc(C)cc2C)c1OC(C)=O. The van der Waals surface area contributed by atoms with Crippen LogP contribution in [0.4, 0.5) is 0 Å². The van der Waals surface area contributed by atoms with Crippen molar-refractivity contribution in [1.29, 1.82) is 0 Å². The molecule has 0 spiro atoms. The van der Waals surface area contributed by atoms with Crippen LogP contribution in [0.3, 0.4) is 0 Å². The summed E-state index contributed by atoms with van der Waals surface area (Å²) in [6, 6.07) is 7.68. The normalized spacial score (nSPS) is 13.6. The summed E-state index contributed by atoms with van der Waals surface area (Å²) in [5.41, 5.74) is 3.38. The number of rotatable bonds is 9. The highest BCUT2D eigenvalue weighted by Gasteiger charge is 2.27. The molecule has 172 valence electrons. The van der Waals surface area contributed by atoms with Crippen LogP contribution in [0.1, 0.15) is 67.2 Å². The molecule has 0 saturated carbocycles. The number of hydrogen-bond donors (Lipinski definition) is 0. The lowest BCUT2D eigenvalue weighted by molar-refractivity contribution is -0.153. The number of aryl methyl sites for hydroxylation is 2. The molecular formula is C25H31NO6. The first kappa shape index (κ1) is 25.0. The zero-order valence-electron chi connectivity index (χ0n) is 19.7. The van der Waals surface area contributed by atoms with Gasteiger partial charge in [0.15, 0.2) is 17.2 Å².